The Morgan fingerprint density at radius 1 is 0.321 bits per heavy atom. The Hall–Kier alpha value is -7.10. The first-order valence-electron chi connectivity index (χ1n) is 18.2. The van der Waals surface area contributed by atoms with Crippen LogP contribution in [-0.4, -0.2) is 9.13 Å². The van der Waals surface area contributed by atoms with Gasteiger partial charge in [-0.25, -0.2) is 0 Å². The average Bonchev–Trinajstić information content (AvgIpc) is 3.73. The molecule has 0 saturated carbocycles. The molecule has 0 amide bonds. The van der Waals surface area contributed by atoms with Gasteiger partial charge in [-0.3, -0.25) is 0 Å². The summed E-state index contributed by atoms with van der Waals surface area (Å²) in [7, 11) is 0. The highest BCUT2D eigenvalue weighted by molar-refractivity contribution is 6.26. The standard InChI is InChI=1S/C50H30N2O/c1-2-13-35(14-3-1)51-43-19-8-6-15-37(43)42-28-33(23-26-44(42)51)34-22-25-40-45(29-34)52(36-24-21-31-11-4-5-12-32(31)27-36)46-30-48-50-39(17-10-18-41(50)49(40)46)38-16-7-9-20-47(38)53-48/h1-30H. The lowest BCUT2D eigenvalue weighted by molar-refractivity contribution is 0.487. The maximum atomic E-state index is 6.70. The Balaban J connectivity index is 1.15. The highest BCUT2D eigenvalue weighted by atomic mass is 16.5. The number of rotatable bonds is 3. The molecule has 0 bridgehead atoms. The van der Waals surface area contributed by atoms with Crippen LogP contribution in [0.2, 0.25) is 0 Å². The van der Waals surface area contributed by atoms with E-state index >= 15 is 0 Å². The Kier molecular flexibility index (Phi) is 5.77. The van der Waals surface area contributed by atoms with Gasteiger partial charge < -0.3 is 13.9 Å². The third kappa shape index (κ3) is 4.05. The first-order chi connectivity index (χ1) is 26.3. The van der Waals surface area contributed by atoms with E-state index in [1.54, 1.807) is 0 Å². The quantitative estimate of drug-likeness (QED) is 0.183. The summed E-state index contributed by atoms with van der Waals surface area (Å²) in [5, 5.41) is 9.77. The van der Waals surface area contributed by atoms with Crippen molar-refractivity contribution >= 4 is 65.2 Å². The fourth-order valence-electron chi connectivity index (χ4n) is 8.93. The van der Waals surface area contributed by atoms with E-state index in [4.69, 9.17) is 4.74 Å². The molecule has 0 radical (unpaired) electrons. The van der Waals surface area contributed by atoms with Crippen molar-refractivity contribution in [1.29, 1.82) is 0 Å². The van der Waals surface area contributed by atoms with Gasteiger partial charge in [0.2, 0.25) is 0 Å². The van der Waals surface area contributed by atoms with E-state index in [-0.39, 0.29) is 0 Å². The molecule has 0 fully saturated rings. The summed E-state index contributed by atoms with van der Waals surface area (Å²) >= 11 is 0. The molecule has 0 spiro atoms. The molecule has 3 nitrogen and oxygen atoms in total. The van der Waals surface area contributed by atoms with Crippen molar-refractivity contribution in [1.82, 2.24) is 9.13 Å². The molecule has 0 atom stereocenters. The van der Waals surface area contributed by atoms with Gasteiger partial charge in [-0.05, 0) is 87.4 Å². The number of hydrogen-bond donors (Lipinski definition) is 0. The Bertz CT molecular complexity index is 3310. The Labute approximate surface area is 305 Å². The fraction of sp³-hybridized carbons (Fsp3) is 0. The summed E-state index contributed by atoms with van der Waals surface area (Å²) in [6.07, 6.45) is 0. The lowest BCUT2D eigenvalue weighted by Gasteiger charge is -2.22. The number of hydrogen-bond acceptors (Lipinski definition) is 1. The van der Waals surface area contributed by atoms with Crippen LogP contribution in [0.1, 0.15) is 0 Å². The van der Waals surface area contributed by atoms with Crippen molar-refractivity contribution < 1.29 is 4.74 Å². The minimum atomic E-state index is 0.895. The summed E-state index contributed by atoms with van der Waals surface area (Å²) < 4.78 is 11.5. The van der Waals surface area contributed by atoms with Crippen LogP contribution in [0, 0.1) is 0 Å². The maximum Gasteiger partial charge on any atom is 0.138 e. The van der Waals surface area contributed by atoms with Gasteiger partial charge in [0, 0.05) is 49.9 Å². The molecular formula is C50H30N2O. The van der Waals surface area contributed by atoms with Gasteiger partial charge in [0.15, 0.2) is 0 Å². The number of nitrogens with zero attached hydrogens (tertiary/aromatic N) is 2. The molecule has 1 aliphatic rings. The van der Waals surface area contributed by atoms with Crippen LogP contribution in [0.5, 0.6) is 11.5 Å². The summed E-state index contributed by atoms with van der Waals surface area (Å²) in [6.45, 7) is 0. The molecule has 0 aliphatic carbocycles. The topological polar surface area (TPSA) is 19.1 Å². The molecule has 12 rings (SSSR count). The number of aromatic nitrogens is 2. The number of benzene rings is 9. The van der Waals surface area contributed by atoms with E-state index in [1.807, 2.05) is 6.07 Å². The van der Waals surface area contributed by atoms with Crippen LogP contribution < -0.4 is 4.74 Å². The van der Waals surface area contributed by atoms with Gasteiger partial charge >= 0.3 is 0 Å². The van der Waals surface area contributed by atoms with Gasteiger partial charge in [0.05, 0.1) is 22.1 Å². The predicted molar refractivity (Wildman–Crippen MR) is 221 cm³/mol. The van der Waals surface area contributed by atoms with E-state index in [2.05, 4.69) is 185 Å². The van der Waals surface area contributed by atoms with Crippen molar-refractivity contribution in [3.63, 3.8) is 0 Å². The van der Waals surface area contributed by atoms with Crippen LogP contribution in [0.4, 0.5) is 0 Å². The largest absolute Gasteiger partial charge is 0.456 e. The first-order valence-corrected chi connectivity index (χ1v) is 18.2. The molecular weight excluding hydrogens is 645 g/mol. The van der Waals surface area contributed by atoms with E-state index in [1.165, 1.54) is 82.0 Å². The second-order valence-corrected chi connectivity index (χ2v) is 14.1. The second-order valence-electron chi connectivity index (χ2n) is 14.1. The van der Waals surface area contributed by atoms with E-state index in [9.17, 15) is 0 Å². The van der Waals surface area contributed by atoms with Gasteiger partial charge in [-0.2, -0.15) is 0 Å². The molecule has 3 heteroatoms. The van der Waals surface area contributed by atoms with Gasteiger partial charge in [-0.1, -0.05) is 121 Å². The van der Waals surface area contributed by atoms with Crippen LogP contribution in [0.3, 0.4) is 0 Å². The molecule has 53 heavy (non-hydrogen) atoms. The summed E-state index contributed by atoms with van der Waals surface area (Å²) in [4.78, 5) is 0. The molecule has 0 N–H and O–H groups in total. The Morgan fingerprint density at radius 3 is 1.98 bits per heavy atom. The lowest BCUT2D eigenvalue weighted by Crippen LogP contribution is -1.99. The molecule has 9 aromatic carbocycles. The summed E-state index contributed by atoms with van der Waals surface area (Å²) in [6, 6.07) is 66.0. The van der Waals surface area contributed by atoms with E-state index < -0.39 is 0 Å². The second kappa shape index (κ2) is 10.7. The maximum absolute atomic E-state index is 6.70. The molecule has 2 aromatic heterocycles. The third-order valence-corrected chi connectivity index (χ3v) is 11.3. The van der Waals surface area contributed by atoms with Crippen LogP contribution in [0.25, 0.3) is 98.8 Å². The molecule has 1 aliphatic heterocycles. The van der Waals surface area contributed by atoms with E-state index in [0.717, 1.165) is 28.3 Å². The first kappa shape index (κ1) is 28.6. The van der Waals surface area contributed by atoms with Crippen molar-refractivity contribution in [3.8, 4) is 45.1 Å². The minimum Gasteiger partial charge on any atom is -0.456 e. The van der Waals surface area contributed by atoms with Crippen LogP contribution >= 0.6 is 0 Å². The Morgan fingerprint density at radius 2 is 1.04 bits per heavy atom. The zero-order valence-electron chi connectivity index (χ0n) is 28.6. The number of fused-ring (bicyclic) bond motifs is 10. The molecule has 0 unspecified atom stereocenters. The predicted octanol–water partition coefficient (Wildman–Crippen LogP) is 13.6. The number of para-hydroxylation sites is 3. The SMILES string of the molecule is c1ccc(-n2c3ccccc3c3cc(-c4ccc5c6c7cccc8c7c(cc6n(-c6ccc7ccccc7c6)c5c4)Oc4ccccc4-8)ccc32)cc1. The molecule has 246 valence electrons. The smallest absolute Gasteiger partial charge is 0.138 e. The number of ether oxygens (including phenoxy) is 1. The van der Waals surface area contributed by atoms with Crippen LogP contribution in [-0.2, 0) is 0 Å². The normalized spacial score (nSPS) is 12.3. The summed E-state index contributed by atoms with van der Waals surface area (Å²) in [5.74, 6) is 1.79. The minimum absolute atomic E-state index is 0.895. The van der Waals surface area contributed by atoms with Crippen molar-refractivity contribution in [2.75, 3.05) is 0 Å². The molecule has 0 saturated heterocycles. The molecule has 3 heterocycles. The fourth-order valence-corrected chi connectivity index (χ4v) is 8.93. The van der Waals surface area contributed by atoms with Gasteiger partial charge in [0.1, 0.15) is 11.5 Å². The monoisotopic (exact) mass is 674 g/mol. The van der Waals surface area contributed by atoms with Crippen molar-refractivity contribution in [3.05, 3.63) is 182 Å². The summed E-state index contributed by atoms with van der Waals surface area (Å²) in [5.41, 5.74) is 11.7. The highest BCUT2D eigenvalue weighted by Gasteiger charge is 2.25. The van der Waals surface area contributed by atoms with Crippen molar-refractivity contribution in [2.24, 2.45) is 0 Å². The van der Waals surface area contributed by atoms with Gasteiger partial charge in [-0.15, -0.1) is 0 Å². The lowest BCUT2D eigenvalue weighted by atomic mass is 9.92. The zero-order valence-corrected chi connectivity index (χ0v) is 28.6. The average molecular weight is 675 g/mol. The van der Waals surface area contributed by atoms with Gasteiger partial charge in [0.25, 0.3) is 0 Å². The zero-order chi connectivity index (χ0) is 34.6. The van der Waals surface area contributed by atoms with Crippen molar-refractivity contribution in [2.45, 2.75) is 0 Å². The third-order valence-electron chi connectivity index (χ3n) is 11.3. The molecule has 11 aromatic rings. The van der Waals surface area contributed by atoms with E-state index in [0.29, 0.717) is 0 Å². The van der Waals surface area contributed by atoms with Crippen LogP contribution in [0.15, 0.2) is 182 Å². The highest BCUT2D eigenvalue weighted by Crippen LogP contribution is 2.51.